The third-order valence-electron chi connectivity index (χ3n) is 5.56. The number of terminal acetylenes is 1. The molecule has 0 aliphatic heterocycles. The maximum atomic E-state index is 12.5. The minimum absolute atomic E-state index is 0.0388. The van der Waals surface area contributed by atoms with E-state index in [0.29, 0.717) is 22.4 Å². The van der Waals surface area contributed by atoms with Gasteiger partial charge in [0, 0.05) is 17.2 Å². The molecule has 1 amide bonds. The number of methoxy groups -OCH3 is 1. The molecule has 0 spiro atoms. The number of esters is 1. The topological polar surface area (TPSA) is 64.6 Å². The number of amides is 1. The summed E-state index contributed by atoms with van der Waals surface area (Å²) in [4.78, 5) is 24.6. The van der Waals surface area contributed by atoms with Crippen LogP contribution in [0, 0.1) is 19.3 Å². The highest BCUT2D eigenvalue weighted by atomic mass is 16.5. The number of nitrogens with one attached hydrogen (secondary N) is 1. The molecule has 0 heterocycles. The van der Waals surface area contributed by atoms with Crippen molar-refractivity contribution >= 4 is 17.7 Å². The van der Waals surface area contributed by atoms with Crippen LogP contribution >= 0.6 is 0 Å². The zero-order valence-corrected chi connectivity index (χ0v) is 17.3. The fourth-order valence-corrected chi connectivity index (χ4v) is 4.01. The quantitative estimate of drug-likeness (QED) is 0.478. The van der Waals surface area contributed by atoms with Crippen molar-refractivity contribution in [2.24, 2.45) is 0 Å². The van der Waals surface area contributed by atoms with Gasteiger partial charge in [0.1, 0.15) is 6.61 Å². The van der Waals surface area contributed by atoms with Crippen molar-refractivity contribution in [3.63, 3.8) is 0 Å². The van der Waals surface area contributed by atoms with Crippen molar-refractivity contribution in [2.45, 2.75) is 12.8 Å². The van der Waals surface area contributed by atoms with Gasteiger partial charge in [-0.3, -0.25) is 5.32 Å². The van der Waals surface area contributed by atoms with Crippen LogP contribution in [-0.4, -0.2) is 25.8 Å². The Morgan fingerprint density at radius 3 is 2.23 bits per heavy atom. The van der Waals surface area contributed by atoms with Crippen molar-refractivity contribution < 1.29 is 19.1 Å². The minimum Gasteiger partial charge on any atom is -0.465 e. The van der Waals surface area contributed by atoms with Crippen LogP contribution in [0.2, 0.25) is 0 Å². The predicted octanol–water partition coefficient (Wildman–Crippen LogP) is 5.12. The smallest absolute Gasteiger partial charge is 0.411 e. The Balaban J connectivity index is 1.52. The number of ether oxygens (including phenoxy) is 2. The van der Waals surface area contributed by atoms with Gasteiger partial charge in [-0.15, -0.1) is 6.42 Å². The number of rotatable bonds is 4. The van der Waals surface area contributed by atoms with Crippen molar-refractivity contribution in [3.8, 4) is 23.5 Å². The highest BCUT2D eigenvalue weighted by molar-refractivity contribution is 5.95. The minimum atomic E-state index is -0.621. The average Bonchev–Trinajstić information content (AvgIpc) is 3.12. The summed E-state index contributed by atoms with van der Waals surface area (Å²) in [6.45, 7) is 1.93. The van der Waals surface area contributed by atoms with Crippen molar-refractivity contribution in [2.75, 3.05) is 19.0 Å². The summed E-state index contributed by atoms with van der Waals surface area (Å²) in [5, 5.41) is 2.67. The van der Waals surface area contributed by atoms with Crippen LogP contribution in [-0.2, 0) is 9.47 Å². The predicted molar refractivity (Wildman–Crippen MR) is 119 cm³/mol. The summed E-state index contributed by atoms with van der Waals surface area (Å²) in [5.41, 5.74) is 6.37. The first-order valence-corrected chi connectivity index (χ1v) is 9.85. The first-order chi connectivity index (χ1) is 15.0. The number of hydrogen-bond donors (Lipinski definition) is 1. The molecule has 3 aromatic carbocycles. The van der Waals surface area contributed by atoms with Crippen molar-refractivity contribution in [1.29, 1.82) is 0 Å². The maximum absolute atomic E-state index is 12.5. The summed E-state index contributed by atoms with van der Waals surface area (Å²) in [6, 6.07) is 19.4. The van der Waals surface area contributed by atoms with Gasteiger partial charge in [-0.05, 0) is 46.9 Å². The van der Waals surface area contributed by atoms with E-state index in [1.54, 1.807) is 13.0 Å². The molecular weight excluding hydrogens is 390 g/mol. The van der Waals surface area contributed by atoms with Crippen LogP contribution in [0.5, 0.6) is 0 Å². The molecule has 0 unspecified atom stereocenters. The molecule has 0 aromatic heterocycles. The number of anilines is 1. The Bertz CT molecular complexity index is 1180. The van der Waals surface area contributed by atoms with Crippen molar-refractivity contribution in [1.82, 2.24) is 0 Å². The number of hydrogen-bond acceptors (Lipinski definition) is 4. The van der Waals surface area contributed by atoms with E-state index in [2.05, 4.69) is 35.5 Å². The number of benzene rings is 3. The van der Waals surface area contributed by atoms with Gasteiger partial charge in [-0.25, -0.2) is 9.59 Å². The zero-order chi connectivity index (χ0) is 22.0. The van der Waals surface area contributed by atoms with Crippen LogP contribution < -0.4 is 5.32 Å². The molecule has 154 valence electrons. The summed E-state index contributed by atoms with van der Waals surface area (Å²) < 4.78 is 10.4. The Kier molecular flexibility index (Phi) is 5.46. The molecule has 0 fully saturated rings. The van der Waals surface area contributed by atoms with Gasteiger partial charge >= 0.3 is 12.1 Å². The van der Waals surface area contributed by atoms with Crippen LogP contribution in [0.4, 0.5) is 10.5 Å². The van der Waals surface area contributed by atoms with Crippen LogP contribution in [0.1, 0.15) is 38.5 Å². The molecular formula is C26H21NO4. The molecule has 31 heavy (non-hydrogen) atoms. The summed E-state index contributed by atoms with van der Waals surface area (Å²) in [7, 11) is 1.29. The molecule has 1 aliphatic rings. The van der Waals surface area contributed by atoms with Crippen LogP contribution in [0.15, 0.2) is 60.7 Å². The van der Waals surface area contributed by atoms with Crippen LogP contribution in [0.25, 0.3) is 11.1 Å². The third kappa shape index (κ3) is 3.76. The second kappa shape index (κ2) is 8.37. The Morgan fingerprint density at radius 1 is 1.03 bits per heavy atom. The molecule has 0 radical (unpaired) electrons. The number of carbonyl (C=O) groups excluding carboxylic acids is 2. The second-order valence-corrected chi connectivity index (χ2v) is 7.28. The number of carbonyl (C=O) groups is 2. The Labute approximate surface area is 181 Å². The third-order valence-corrected chi connectivity index (χ3v) is 5.56. The van der Waals surface area contributed by atoms with Gasteiger partial charge in [0.05, 0.1) is 12.7 Å². The molecule has 5 nitrogen and oxygen atoms in total. The van der Waals surface area contributed by atoms with Gasteiger partial charge < -0.3 is 9.47 Å². The molecule has 0 saturated heterocycles. The molecule has 0 atom stereocenters. The van der Waals surface area contributed by atoms with E-state index in [9.17, 15) is 9.59 Å². The highest BCUT2D eigenvalue weighted by Gasteiger charge is 2.29. The fourth-order valence-electron chi connectivity index (χ4n) is 4.01. The summed E-state index contributed by atoms with van der Waals surface area (Å²) in [5.74, 6) is 1.97. The zero-order valence-electron chi connectivity index (χ0n) is 17.3. The number of fused-ring (bicyclic) bond motifs is 3. The fraction of sp³-hybridized carbons (Fsp3) is 0.154. The molecule has 0 bridgehead atoms. The van der Waals surface area contributed by atoms with E-state index in [1.165, 1.54) is 13.2 Å². The van der Waals surface area contributed by atoms with Gasteiger partial charge in [-0.1, -0.05) is 54.5 Å². The van der Waals surface area contributed by atoms with E-state index in [4.69, 9.17) is 15.9 Å². The van der Waals surface area contributed by atoms with Gasteiger partial charge in [-0.2, -0.15) is 0 Å². The maximum Gasteiger partial charge on any atom is 0.411 e. The lowest BCUT2D eigenvalue weighted by molar-refractivity contribution is 0.0599. The normalized spacial score (nSPS) is 11.8. The monoisotopic (exact) mass is 411 g/mol. The Hall–Kier alpha value is -4.04. The largest absolute Gasteiger partial charge is 0.465 e. The first-order valence-electron chi connectivity index (χ1n) is 9.85. The molecule has 1 N–H and O–H groups in total. The van der Waals surface area contributed by atoms with Gasteiger partial charge in [0.2, 0.25) is 0 Å². The van der Waals surface area contributed by atoms with E-state index in [1.807, 2.05) is 24.3 Å². The van der Waals surface area contributed by atoms with E-state index < -0.39 is 12.1 Å². The second-order valence-electron chi connectivity index (χ2n) is 7.28. The Morgan fingerprint density at radius 2 is 1.65 bits per heavy atom. The van der Waals surface area contributed by atoms with Gasteiger partial charge in [0.25, 0.3) is 0 Å². The lowest BCUT2D eigenvalue weighted by atomic mass is 9.98. The van der Waals surface area contributed by atoms with E-state index in [0.717, 1.165) is 22.3 Å². The summed E-state index contributed by atoms with van der Waals surface area (Å²) in [6.07, 6.45) is 4.93. The molecule has 3 aromatic rings. The molecule has 5 heteroatoms. The SMILES string of the molecule is C#Cc1cc(NC(=O)OCC2c3ccccc3-c3ccccc32)cc(C(=O)OC)c1C. The van der Waals surface area contributed by atoms with E-state index >= 15 is 0 Å². The molecule has 1 aliphatic carbocycles. The summed E-state index contributed by atoms with van der Waals surface area (Å²) >= 11 is 0. The lowest BCUT2D eigenvalue weighted by Crippen LogP contribution is -2.18. The first kappa shape index (κ1) is 20.2. The highest BCUT2D eigenvalue weighted by Crippen LogP contribution is 2.44. The van der Waals surface area contributed by atoms with Crippen LogP contribution in [0.3, 0.4) is 0 Å². The lowest BCUT2D eigenvalue weighted by Gasteiger charge is -2.15. The van der Waals surface area contributed by atoms with Crippen molar-refractivity contribution in [3.05, 3.63) is 88.5 Å². The molecule has 0 saturated carbocycles. The standard InChI is InChI=1S/C26H21NO4/c1-4-17-13-18(14-23(16(17)2)25(28)30-3)27-26(29)31-15-24-21-11-7-5-9-19(21)20-10-6-8-12-22(20)24/h1,5-14,24H,15H2,2-3H3,(H,27,29). The average molecular weight is 411 g/mol. The molecule has 4 rings (SSSR count). The van der Waals surface area contributed by atoms with Gasteiger partial charge in [0.15, 0.2) is 0 Å². The van der Waals surface area contributed by atoms with E-state index in [-0.39, 0.29) is 12.5 Å².